The summed E-state index contributed by atoms with van der Waals surface area (Å²) in [6.07, 6.45) is 3.49. The summed E-state index contributed by atoms with van der Waals surface area (Å²) in [7, 11) is 0. The first-order chi connectivity index (χ1) is 9.83. The summed E-state index contributed by atoms with van der Waals surface area (Å²) < 4.78 is 5.79. The van der Waals surface area contributed by atoms with Crippen molar-refractivity contribution in [3.63, 3.8) is 0 Å². The van der Waals surface area contributed by atoms with E-state index in [4.69, 9.17) is 4.74 Å². The molecular formula is C16H23ClN2O2. The molecule has 2 atom stereocenters. The van der Waals surface area contributed by atoms with Gasteiger partial charge in [-0.25, -0.2) is 0 Å². The van der Waals surface area contributed by atoms with Crippen molar-refractivity contribution in [2.75, 3.05) is 19.7 Å². The summed E-state index contributed by atoms with van der Waals surface area (Å²) in [6, 6.07) is 8.55. The van der Waals surface area contributed by atoms with E-state index < -0.39 is 0 Å². The Bertz CT molecular complexity index is 475. The Morgan fingerprint density at radius 2 is 2.24 bits per heavy atom. The third kappa shape index (κ3) is 4.19. The maximum atomic E-state index is 12.2. The molecular weight excluding hydrogens is 288 g/mol. The molecule has 2 aliphatic heterocycles. The fourth-order valence-corrected chi connectivity index (χ4v) is 3.08. The van der Waals surface area contributed by atoms with Gasteiger partial charge in [0.05, 0.1) is 19.1 Å². The van der Waals surface area contributed by atoms with Crippen molar-refractivity contribution in [1.29, 1.82) is 0 Å². The van der Waals surface area contributed by atoms with Crippen LogP contribution in [-0.4, -0.2) is 31.6 Å². The molecule has 0 aliphatic carbocycles. The van der Waals surface area contributed by atoms with Crippen molar-refractivity contribution < 1.29 is 9.53 Å². The second kappa shape index (κ2) is 7.78. The summed E-state index contributed by atoms with van der Waals surface area (Å²) >= 11 is 0. The van der Waals surface area contributed by atoms with Crippen LogP contribution in [0.2, 0.25) is 0 Å². The molecule has 0 aromatic heterocycles. The second-order valence-electron chi connectivity index (χ2n) is 5.62. The maximum absolute atomic E-state index is 12.2. The highest BCUT2D eigenvalue weighted by Crippen LogP contribution is 2.29. The van der Waals surface area contributed by atoms with Crippen LogP contribution in [-0.2, 0) is 16.0 Å². The number of fused-ring (bicyclic) bond motifs is 1. The molecule has 1 aromatic rings. The first kappa shape index (κ1) is 16.3. The third-order valence-electron chi connectivity index (χ3n) is 4.13. The SMILES string of the molecule is Cl.O=C(CC1OCCc2ccccc21)NC1CCCNC1. The van der Waals surface area contributed by atoms with E-state index in [2.05, 4.69) is 28.8 Å². The van der Waals surface area contributed by atoms with Crippen LogP contribution >= 0.6 is 12.4 Å². The number of halogens is 1. The van der Waals surface area contributed by atoms with Crippen LogP contribution in [0.1, 0.15) is 36.5 Å². The van der Waals surface area contributed by atoms with Crippen LogP contribution in [0.15, 0.2) is 24.3 Å². The second-order valence-corrected chi connectivity index (χ2v) is 5.62. The zero-order valence-corrected chi connectivity index (χ0v) is 13.0. The van der Waals surface area contributed by atoms with Crippen LogP contribution in [0.5, 0.6) is 0 Å². The van der Waals surface area contributed by atoms with E-state index in [-0.39, 0.29) is 30.5 Å². The summed E-state index contributed by atoms with van der Waals surface area (Å²) in [4.78, 5) is 12.2. The molecule has 1 saturated heterocycles. The van der Waals surface area contributed by atoms with Crippen molar-refractivity contribution in [2.24, 2.45) is 0 Å². The van der Waals surface area contributed by atoms with E-state index >= 15 is 0 Å². The molecule has 0 bridgehead atoms. The largest absolute Gasteiger partial charge is 0.373 e. The molecule has 2 aliphatic rings. The Balaban J connectivity index is 0.00000161. The van der Waals surface area contributed by atoms with Gasteiger partial charge in [-0.1, -0.05) is 24.3 Å². The normalized spacial score (nSPS) is 24.6. The average Bonchev–Trinajstić information content (AvgIpc) is 2.48. The van der Waals surface area contributed by atoms with Gasteiger partial charge in [-0.05, 0) is 36.9 Å². The van der Waals surface area contributed by atoms with Gasteiger partial charge in [-0.3, -0.25) is 4.79 Å². The number of carbonyl (C=O) groups is 1. The van der Waals surface area contributed by atoms with Gasteiger partial charge in [0.1, 0.15) is 0 Å². The van der Waals surface area contributed by atoms with Crippen LogP contribution in [0.25, 0.3) is 0 Å². The standard InChI is InChI=1S/C16H22N2O2.ClH/c19-16(18-13-5-3-8-17-11-13)10-15-14-6-2-1-4-12(14)7-9-20-15;/h1-2,4,6,13,15,17H,3,5,7-11H2,(H,18,19);1H. The number of rotatable bonds is 3. The number of ether oxygens (including phenoxy) is 1. The molecule has 2 heterocycles. The van der Waals surface area contributed by atoms with Crippen LogP contribution < -0.4 is 10.6 Å². The number of amides is 1. The molecule has 1 amide bonds. The lowest BCUT2D eigenvalue weighted by atomic mass is 9.95. The van der Waals surface area contributed by atoms with Crippen molar-refractivity contribution >= 4 is 18.3 Å². The topological polar surface area (TPSA) is 50.4 Å². The third-order valence-corrected chi connectivity index (χ3v) is 4.13. The molecule has 4 nitrogen and oxygen atoms in total. The highest BCUT2D eigenvalue weighted by Gasteiger charge is 2.24. The van der Waals surface area contributed by atoms with Gasteiger partial charge in [0, 0.05) is 12.6 Å². The molecule has 1 fully saturated rings. The van der Waals surface area contributed by atoms with Gasteiger partial charge in [0.25, 0.3) is 0 Å². The van der Waals surface area contributed by atoms with Crippen molar-refractivity contribution in [1.82, 2.24) is 10.6 Å². The molecule has 1 aromatic carbocycles. The van der Waals surface area contributed by atoms with E-state index in [1.165, 1.54) is 11.1 Å². The summed E-state index contributed by atoms with van der Waals surface area (Å²) in [6.45, 7) is 2.65. The highest BCUT2D eigenvalue weighted by molar-refractivity contribution is 5.85. The van der Waals surface area contributed by atoms with E-state index in [9.17, 15) is 4.79 Å². The molecule has 2 N–H and O–H groups in total. The highest BCUT2D eigenvalue weighted by atomic mass is 35.5. The number of benzene rings is 1. The Labute approximate surface area is 132 Å². The van der Waals surface area contributed by atoms with Crippen LogP contribution in [0.4, 0.5) is 0 Å². The minimum absolute atomic E-state index is 0. The van der Waals surface area contributed by atoms with E-state index in [0.29, 0.717) is 13.0 Å². The van der Waals surface area contributed by atoms with Crippen LogP contribution in [0.3, 0.4) is 0 Å². The van der Waals surface area contributed by atoms with Crippen molar-refractivity contribution in [3.05, 3.63) is 35.4 Å². The smallest absolute Gasteiger partial charge is 0.223 e. The lowest BCUT2D eigenvalue weighted by molar-refractivity contribution is -0.125. The van der Waals surface area contributed by atoms with Crippen molar-refractivity contribution in [3.8, 4) is 0 Å². The predicted octanol–water partition coefficient (Wildman–Crippen LogP) is 1.98. The van der Waals surface area contributed by atoms with E-state index in [0.717, 1.165) is 32.4 Å². The minimum Gasteiger partial charge on any atom is -0.373 e. The van der Waals surface area contributed by atoms with Gasteiger partial charge in [0.2, 0.25) is 5.91 Å². The number of hydrogen-bond donors (Lipinski definition) is 2. The van der Waals surface area contributed by atoms with Gasteiger partial charge in [0.15, 0.2) is 0 Å². The summed E-state index contributed by atoms with van der Waals surface area (Å²) in [5.74, 6) is 0.0976. The summed E-state index contributed by atoms with van der Waals surface area (Å²) in [5, 5.41) is 6.43. The lowest BCUT2D eigenvalue weighted by Gasteiger charge is -2.28. The lowest BCUT2D eigenvalue weighted by Crippen LogP contribution is -2.46. The first-order valence-electron chi connectivity index (χ1n) is 7.52. The van der Waals surface area contributed by atoms with Crippen LogP contribution in [0, 0.1) is 0 Å². The number of hydrogen-bond acceptors (Lipinski definition) is 3. The number of carbonyl (C=O) groups excluding carboxylic acids is 1. The number of nitrogens with one attached hydrogen (secondary N) is 2. The van der Waals surface area contributed by atoms with Crippen molar-refractivity contribution in [2.45, 2.75) is 37.8 Å². The Morgan fingerprint density at radius 1 is 1.38 bits per heavy atom. The van der Waals surface area contributed by atoms with E-state index in [1.807, 2.05) is 6.07 Å². The molecule has 2 unspecified atom stereocenters. The fourth-order valence-electron chi connectivity index (χ4n) is 3.08. The zero-order valence-electron chi connectivity index (χ0n) is 12.1. The van der Waals surface area contributed by atoms with Gasteiger partial charge in [-0.15, -0.1) is 12.4 Å². The molecule has 5 heteroatoms. The zero-order chi connectivity index (χ0) is 13.8. The van der Waals surface area contributed by atoms with E-state index in [1.54, 1.807) is 0 Å². The summed E-state index contributed by atoms with van der Waals surface area (Å²) in [5.41, 5.74) is 2.49. The quantitative estimate of drug-likeness (QED) is 0.897. The van der Waals surface area contributed by atoms with Gasteiger partial charge in [-0.2, -0.15) is 0 Å². The number of piperidine rings is 1. The molecule has 21 heavy (non-hydrogen) atoms. The maximum Gasteiger partial charge on any atom is 0.223 e. The Hall–Kier alpha value is -1.10. The minimum atomic E-state index is -0.0866. The Kier molecular flexibility index (Phi) is 6.03. The Morgan fingerprint density at radius 3 is 3.05 bits per heavy atom. The first-order valence-corrected chi connectivity index (χ1v) is 7.52. The van der Waals surface area contributed by atoms with Gasteiger partial charge < -0.3 is 15.4 Å². The molecule has 116 valence electrons. The molecule has 0 radical (unpaired) electrons. The predicted molar refractivity (Wildman–Crippen MR) is 84.7 cm³/mol. The average molecular weight is 311 g/mol. The monoisotopic (exact) mass is 310 g/mol. The molecule has 0 spiro atoms. The molecule has 0 saturated carbocycles. The fraction of sp³-hybridized carbons (Fsp3) is 0.562. The molecule has 3 rings (SSSR count). The van der Waals surface area contributed by atoms with Gasteiger partial charge >= 0.3 is 0 Å².